The first kappa shape index (κ1) is 24.9. The number of cyclic esters (lactones) is 1. The standard InChI is InChI=1S/C28H38O7/c1-15-14-22(35-23(31)16(15)2)26(5,32)28(34)13-10-18-17-8-12-27(33)21(30)7-6-20(29)25(27,4)19(17)9-11-24(18,28)3/h6-7,19,21-22,30,32-34H,8-14H2,1-5H3. The number of hydrogen-bond acceptors (Lipinski definition) is 7. The number of allylic oxidation sites excluding steroid dienone is 2. The Kier molecular flexibility index (Phi) is 5.24. The van der Waals surface area contributed by atoms with Crippen molar-refractivity contribution in [2.24, 2.45) is 16.7 Å². The molecule has 5 rings (SSSR count). The Balaban J connectivity index is 1.56. The van der Waals surface area contributed by atoms with Gasteiger partial charge in [0.2, 0.25) is 0 Å². The van der Waals surface area contributed by atoms with Gasteiger partial charge in [-0.1, -0.05) is 23.6 Å². The van der Waals surface area contributed by atoms with Crippen molar-refractivity contribution in [3.63, 3.8) is 0 Å². The summed E-state index contributed by atoms with van der Waals surface area (Å²) in [6, 6.07) is 0. The van der Waals surface area contributed by atoms with Gasteiger partial charge in [0.25, 0.3) is 0 Å². The fourth-order valence-corrected chi connectivity index (χ4v) is 8.25. The van der Waals surface area contributed by atoms with E-state index < -0.39 is 45.8 Å². The molecule has 2 saturated carbocycles. The van der Waals surface area contributed by atoms with Crippen LogP contribution in [0.2, 0.25) is 0 Å². The number of ether oxygens (including phenoxy) is 1. The molecule has 7 nitrogen and oxygen atoms in total. The number of ketones is 1. The van der Waals surface area contributed by atoms with Gasteiger partial charge in [-0.25, -0.2) is 4.79 Å². The SMILES string of the molecule is CC1=C(C)C(=O)OC(C(C)(O)C2(O)CCC3=C4CCC5(O)C(O)C=CC(=O)C5(C)C4CCC32C)C1. The van der Waals surface area contributed by atoms with Gasteiger partial charge in [0.15, 0.2) is 5.78 Å². The van der Waals surface area contributed by atoms with Crippen molar-refractivity contribution < 1.29 is 34.8 Å². The molecule has 1 aliphatic heterocycles. The van der Waals surface area contributed by atoms with Crippen LogP contribution in [0, 0.1) is 16.7 Å². The second-order valence-corrected chi connectivity index (χ2v) is 12.2. The van der Waals surface area contributed by atoms with E-state index in [1.807, 2.05) is 13.8 Å². The Morgan fingerprint density at radius 1 is 1.09 bits per heavy atom. The lowest BCUT2D eigenvalue weighted by Gasteiger charge is -2.60. The zero-order chi connectivity index (χ0) is 25.8. The van der Waals surface area contributed by atoms with Gasteiger partial charge < -0.3 is 25.2 Å². The Hall–Kier alpha value is -1.80. The largest absolute Gasteiger partial charge is 0.455 e. The van der Waals surface area contributed by atoms with Crippen LogP contribution in [-0.4, -0.2) is 61.2 Å². The van der Waals surface area contributed by atoms with Crippen LogP contribution in [0.15, 0.2) is 34.4 Å². The summed E-state index contributed by atoms with van der Waals surface area (Å²) in [5.41, 5.74) is -3.16. The van der Waals surface area contributed by atoms with Gasteiger partial charge in [0, 0.05) is 17.4 Å². The summed E-state index contributed by atoms with van der Waals surface area (Å²) in [6.07, 6.45) is 3.89. The number of hydrogen-bond donors (Lipinski definition) is 4. The van der Waals surface area contributed by atoms with Gasteiger partial charge in [0.05, 0.1) is 5.41 Å². The lowest BCUT2D eigenvalue weighted by molar-refractivity contribution is -0.237. The summed E-state index contributed by atoms with van der Waals surface area (Å²) in [5.74, 6) is -0.886. The van der Waals surface area contributed by atoms with Crippen molar-refractivity contribution in [1.82, 2.24) is 0 Å². The van der Waals surface area contributed by atoms with Gasteiger partial charge in [-0.3, -0.25) is 4.79 Å². The van der Waals surface area contributed by atoms with E-state index in [4.69, 9.17) is 4.74 Å². The Labute approximate surface area is 206 Å². The zero-order valence-electron chi connectivity index (χ0n) is 21.4. The average molecular weight is 487 g/mol. The summed E-state index contributed by atoms with van der Waals surface area (Å²) in [7, 11) is 0. The molecule has 8 atom stereocenters. The molecule has 35 heavy (non-hydrogen) atoms. The molecule has 0 saturated heterocycles. The highest BCUT2D eigenvalue weighted by atomic mass is 16.6. The highest BCUT2D eigenvalue weighted by Gasteiger charge is 2.70. The fourth-order valence-electron chi connectivity index (χ4n) is 8.25. The topological polar surface area (TPSA) is 124 Å². The molecular formula is C28H38O7. The molecule has 0 radical (unpaired) electrons. The van der Waals surface area contributed by atoms with E-state index in [0.717, 1.165) is 16.7 Å². The molecular weight excluding hydrogens is 448 g/mol. The predicted molar refractivity (Wildman–Crippen MR) is 128 cm³/mol. The first-order valence-electron chi connectivity index (χ1n) is 12.8. The molecule has 192 valence electrons. The van der Waals surface area contributed by atoms with Crippen LogP contribution in [0.4, 0.5) is 0 Å². The minimum absolute atomic E-state index is 0.177. The van der Waals surface area contributed by atoms with Gasteiger partial charge in [0.1, 0.15) is 29.0 Å². The predicted octanol–water partition coefficient (Wildman–Crippen LogP) is 2.66. The van der Waals surface area contributed by atoms with Gasteiger partial charge in [-0.05, 0) is 84.3 Å². The van der Waals surface area contributed by atoms with Crippen LogP contribution >= 0.6 is 0 Å². The number of aliphatic hydroxyl groups excluding tert-OH is 1. The van der Waals surface area contributed by atoms with Crippen molar-refractivity contribution in [1.29, 1.82) is 0 Å². The summed E-state index contributed by atoms with van der Waals surface area (Å²) < 4.78 is 5.63. The normalized spacial score (nSPS) is 47.2. The average Bonchev–Trinajstić information content (AvgIpc) is 3.09. The number of carbonyl (C=O) groups is 2. The summed E-state index contributed by atoms with van der Waals surface area (Å²) in [5, 5.41) is 46.3. The molecule has 0 amide bonds. The molecule has 7 heteroatoms. The number of rotatable bonds is 2. The highest BCUT2D eigenvalue weighted by molar-refractivity contribution is 5.98. The van der Waals surface area contributed by atoms with Crippen LogP contribution < -0.4 is 0 Å². The number of aliphatic hydroxyl groups is 4. The third-order valence-electron chi connectivity index (χ3n) is 11.0. The van der Waals surface area contributed by atoms with Crippen LogP contribution in [0.3, 0.4) is 0 Å². The van der Waals surface area contributed by atoms with Crippen LogP contribution in [0.5, 0.6) is 0 Å². The van der Waals surface area contributed by atoms with E-state index in [0.29, 0.717) is 44.1 Å². The van der Waals surface area contributed by atoms with Gasteiger partial charge in [-0.15, -0.1) is 0 Å². The monoisotopic (exact) mass is 486 g/mol. The number of carbonyl (C=O) groups excluding carboxylic acids is 2. The first-order chi connectivity index (χ1) is 16.1. The number of fused-ring (bicyclic) bond motifs is 4. The zero-order valence-corrected chi connectivity index (χ0v) is 21.4. The second kappa shape index (κ2) is 7.37. The maximum absolute atomic E-state index is 13.2. The maximum atomic E-state index is 13.2. The lowest BCUT2D eigenvalue weighted by atomic mass is 9.46. The first-order valence-corrected chi connectivity index (χ1v) is 12.8. The van der Waals surface area contributed by atoms with E-state index in [-0.39, 0.29) is 18.1 Å². The minimum atomic E-state index is -1.69. The van der Waals surface area contributed by atoms with Gasteiger partial charge in [-0.2, -0.15) is 0 Å². The molecule has 0 aromatic rings. The maximum Gasteiger partial charge on any atom is 0.334 e. The number of esters is 1. The van der Waals surface area contributed by atoms with Crippen molar-refractivity contribution in [2.75, 3.05) is 0 Å². The molecule has 4 N–H and O–H groups in total. The lowest BCUT2D eigenvalue weighted by Crippen LogP contribution is -2.68. The molecule has 5 aliphatic rings. The highest BCUT2D eigenvalue weighted by Crippen LogP contribution is 2.67. The van der Waals surface area contributed by atoms with Gasteiger partial charge >= 0.3 is 5.97 Å². The minimum Gasteiger partial charge on any atom is -0.455 e. The third-order valence-corrected chi connectivity index (χ3v) is 11.0. The molecule has 0 aromatic carbocycles. The van der Waals surface area contributed by atoms with E-state index >= 15 is 0 Å². The molecule has 2 fully saturated rings. The van der Waals surface area contributed by atoms with Crippen molar-refractivity contribution >= 4 is 11.8 Å². The van der Waals surface area contributed by atoms with Crippen LogP contribution in [0.1, 0.15) is 79.6 Å². The molecule has 0 spiro atoms. The van der Waals surface area contributed by atoms with Crippen LogP contribution in [0.25, 0.3) is 0 Å². The Morgan fingerprint density at radius 2 is 1.77 bits per heavy atom. The molecule has 0 aromatic heterocycles. The fraction of sp³-hybridized carbons (Fsp3) is 0.714. The van der Waals surface area contributed by atoms with E-state index in [9.17, 15) is 30.0 Å². The molecule has 1 heterocycles. The van der Waals surface area contributed by atoms with Crippen LogP contribution in [-0.2, 0) is 14.3 Å². The quantitative estimate of drug-likeness (QED) is 0.349. The van der Waals surface area contributed by atoms with E-state index in [1.165, 1.54) is 12.2 Å². The summed E-state index contributed by atoms with van der Waals surface area (Å²) in [6.45, 7) is 8.89. The van der Waals surface area contributed by atoms with Crippen molar-refractivity contribution in [3.8, 4) is 0 Å². The molecule has 4 aliphatic carbocycles. The Morgan fingerprint density at radius 3 is 2.43 bits per heavy atom. The van der Waals surface area contributed by atoms with Crippen molar-refractivity contribution in [3.05, 3.63) is 34.4 Å². The second-order valence-electron chi connectivity index (χ2n) is 12.2. The molecule has 0 bridgehead atoms. The summed E-state index contributed by atoms with van der Waals surface area (Å²) in [4.78, 5) is 25.6. The van der Waals surface area contributed by atoms with Crippen molar-refractivity contribution in [2.45, 2.75) is 109 Å². The smallest absolute Gasteiger partial charge is 0.334 e. The Bertz CT molecular complexity index is 1100. The van der Waals surface area contributed by atoms with E-state index in [1.54, 1.807) is 20.8 Å². The molecule has 8 unspecified atom stereocenters. The summed E-state index contributed by atoms with van der Waals surface area (Å²) >= 11 is 0. The van der Waals surface area contributed by atoms with E-state index in [2.05, 4.69) is 0 Å². The third kappa shape index (κ3) is 2.81.